The molecule has 2 atom stereocenters. The monoisotopic (exact) mass is 359 g/mol. The van der Waals surface area contributed by atoms with Crippen LogP contribution in [0.15, 0.2) is 60.7 Å². The number of halogens is 2. The summed E-state index contributed by atoms with van der Waals surface area (Å²) >= 11 is 12.6. The molecule has 3 rings (SSSR count). The minimum absolute atomic E-state index is 0.0967. The van der Waals surface area contributed by atoms with Crippen LogP contribution in [-0.4, -0.2) is 11.1 Å². The highest BCUT2D eigenvalue weighted by molar-refractivity contribution is 6.40. The largest absolute Gasteiger partial charge is 0.387 e. The summed E-state index contributed by atoms with van der Waals surface area (Å²) < 4.78 is 0. The van der Waals surface area contributed by atoms with E-state index in [4.69, 9.17) is 23.2 Å². The van der Waals surface area contributed by atoms with Crippen LogP contribution in [0.1, 0.15) is 24.2 Å². The van der Waals surface area contributed by atoms with Gasteiger partial charge < -0.3 is 10.4 Å². The molecule has 0 aliphatic rings. The van der Waals surface area contributed by atoms with Gasteiger partial charge in [-0.15, -0.1) is 0 Å². The van der Waals surface area contributed by atoms with Gasteiger partial charge in [0, 0.05) is 33.4 Å². The number of nitrogens with one attached hydrogen (secondary N) is 1. The van der Waals surface area contributed by atoms with Crippen molar-refractivity contribution in [3.05, 3.63) is 81.8 Å². The molecule has 0 spiro atoms. The Labute approximate surface area is 152 Å². The Morgan fingerprint density at radius 2 is 1.62 bits per heavy atom. The first kappa shape index (κ1) is 17.2. The molecule has 2 nitrogen and oxygen atoms in total. The molecule has 0 aliphatic carbocycles. The van der Waals surface area contributed by atoms with Crippen LogP contribution in [0.25, 0.3) is 10.8 Å². The Morgan fingerprint density at radius 1 is 0.917 bits per heavy atom. The Kier molecular flexibility index (Phi) is 5.42. The van der Waals surface area contributed by atoms with E-state index in [9.17, 15) is 5.11 Å². The smallest absolute Gasteiger partial charge is 0.0940 e. The first-order valence-corrected chi connectivity index (χ1v) is 8.65. The molecule has 0 aromatic heterocycles. The highest BCUT2D eigenvalue weighted by Gasteiger charge is 2.16. The highest BCUT2D eigenvalue weighted by atomic mass is 35.5. The van der Waals surface area contributed by atoms with Crippen molar-refractivity contribution in [1.29, 1.82) is 0 Å². The predicted octanol–water partition coefficient (Wildman–Crippen LogP) is 5.36. The fourth-order valence-electron chi connectivity index (χ4n) is 2.87. The molecule has 0 amide bonds. The third-order valence-electron chi connectivity index (χ3n) is 4.25. The van der Waals surface area contributed by atoms with Crippen LogP contribution in [0.3, 0.4) is 0 Å². The average Bonchev–Trinajstić information content (AvgIpc) is 2.62. The average molecular weight is 360 g/mol. The topological polar surface area (TPSA) is 32.3 Å². The Hall–Kier alpha value is -1.58. The van der Waals surface area contributed by atoms with Crippen molar-refractivity contribution in [2.24, 2.45) is 0 Å². The number of aliphatic hydroxyl groups excluding tert-OH is 1. The van der Waals surface area contributed by atoms with Gasteiger partial charge in [-0.25, -0.2) is 0 Å². The Morgan fingerprint density at radius 3 is 2.38 bits per heavy atom. The van der Waals surface area contributed by atoms with Crippen molar-refractivity contribution in [2.75, 3.05) is 0 Å². The summed E-state index contributed by atoms with van der Waals surface area (Å²) in [4.78, 5) is 0. The third kappa shape index (κ3) is 3.57. The van der Waals surface area contributed by atoms with Crippen LogP contribution in [0.5, 0.6) is 0 Å². The van der Waals surface area contributed by atoms with Gasteiger partial charge in [-0.3, -0.25) is 0 Å². The van der Waals surface area contributed by atoms with E-state index in [1.54, 1.807) is 0 Å². The van der Waals surface area contributed by atoms with Crippen LogP contribution >= 0.6 is 23.2 Å². The molecular weight excluding hydrogens is 341 g/mol. The maximum atomic E-state index is 10.5. The second-order valence-corrected chi connectivity index (χ2v) is 6.71. The molecule has 0 saturated carbocycles. The quantitative estimate of drug-likeness (QED) is 0.642. The van der Waals surface area contributed by atoms with Gasteiger partial charge in [-0.1, -0.05) is 71.7 Å². The van der Waals surface area contributed by atoms with E-state index in [1.165, 1.54) is 0 Å². The lowest BCUT2D eigenvalue weighted by Crippen LogP contribution is -2.31. The van der Waals surface area contributed by atoms with Crippen molar-refractivity contribution < 1.29 is 5.11 Å². The summed E-state index contributed by atoms with van der Waals surface area (Å²) in [5.74, 6) is 0. The van der Waals surface area contributed by atoms with Gasteiger partial charge in [0.25, 0.3) is 0 Å². The van der Waals surface area contributed by atoms with Gasteiger partial charge in [0.1, 0.15) is 0 Å². The van der Waals surface area contributed by atoms with E-state index >= 15 is 0 Å². The number of rotatable bonds is 5. The van der Waals surface area contributed by atoms with Gasteiger partial charge in [0.05, 0.1) is 6.10 Å². The molecule has 2 unspecified atom stereocenters. The summed E-state index contributed by atoms with van der Waals surface area (Å²) in [6, 6.07) is 19.2. The molecule has 0 aliphatic heterocycles. The standard InChI is InChI=1S/C20H19Cl2NO/c1-13(20(24)14-6-3-2-4-7-14)23-12-15-8-5-9-16-17(21)10-11-18(22)19(15)16/h2-11,13,20,23-24H,12H2,1H3. The van der Waals surface area contributed by atoms with Crippen molar-refractivity contribution in [2.45, 2.75) is 25.6 Å². The number of aliphatic hydroxyl groups is 1. The van der Waals surface area contributed by atoms with Crippen LogP contribution in [-0.2, 0) is 6.54 Å². The minimum Gasteiger partial charge on any atom is -0.387 e. The highest BCUT2D eigenvalue weighted by Crippen LogP contribution is 2.32. The van der Waals surface area contributed by atoms with Gasteiger partial charge in [-0.2, -0.15) is 0 Å². The lowest BCUT2D eigenvalue weighted by atomic mass is 10.0. The van der Waals surface area contributed by atoms with E-state index in [2.05, 4.69) is 5.32 Å². The van der Waals surface area contributed by atoms with E-state index in [0.29, 0.717) is 16.6 Å². The molecule has 3 aromatic carbocycles. The summed E-state index contributed by atoms with van der Waals surface area (Å²) in [5, 5.41) is 17.1. The molecule has 2 N–H and O–H groups in total. The number of hydrogen-bond donors (Lipinski definition) is 2. The lowest BCUT2D eigenvalue weighted by molar-refractivity contribution is 0.135. The van der Waals surface area contributed by atoms with Gasteiger partial charge >= 0.3 is 0 Å². The fourth-order valence-corrected chi connectivity index (χ4v) is 3.38. The van der Waals surface area contributed by atoms with Crippen molar-refractivity contribution in [1.82, 2.24) is 5.32 Å². The van der Waals surface area contributed by atoms with Crippen molar-refractivity contribution >= 4 is 34.0 Å². The zero-order valence-corrected chi connectivity index (χ0v) is 14.9. The summed E-state index contributed by atoms with van der Waals surface area (Å²) in [5.41, 5.74) is 1.96. The molecule has 0 bridgehead atoms. The second-order valence-electron chi connectivity index (χ2n) is 5.89. The van der Waals surface area contributed by atoms with Crippen molar-refractivity contribution in [3.63, 3.8) is 0 Å². The molecule has 4 heteroatoms. The summed E-state index contributed by atoms with van der Waals surface area (Å²) in [7, 11) is 0. The molecular formula is C20H19Cl2NO. The number of fused-ring (bicyclic) bond motifs is 1. The predicted molar refractivity (Wildman–Crippen MR) is 102 cm³/mol. The van der Waals surface area contributed by atoms with E-state index in [1.807, 2.05) is 67.6 Å². The van der Waals surface area contributed by atoms with Crippen LogP contribution in [0, 0.1) is 0 Å². The fraction of sp³-hybridized carbons (Fsp3) is 0.200. The summed E-state index contributed by atoms with van der Waals surface area (Å²) in [6.07, 6.45) is -0.569. The molecule has 3 aromatic rings. The lowest BCUT2D eigenvalue weighted by Gasteiger charge is -2.21. The van der Waals surface area contributed by atoms with Crippen LogP contribution in [0.2, 0.25) is 10.0 Å². The molecule has 0 heterocycles. The SMILES string of the molecule is CC(NCc1cccc2c(Cl)ccc(Cl)c12)C(O)c1ccccc1. The molecule has 124 valence electrons. The van der Waals surface area contributed by atoms with Crippen LogP contribution in [0.4, 0.5) is 0 Å². The van der Waals surface area contributed by atoms with Crippen LogP contribution < -0.4 is 5.32 Å². The Bertz CT molecular complexity index is 836. The first-order valence-electron chi connectivity index (χ1n) is 7.90. The maximum absolute atomic E-state index is 10.5. The second kappa shape index (κ2) is 7.54. The minimum atomic E-state index is -0.569. The first-order chi connectivity index (χ1) is 11.6. The normalized spacial score (nSPS) is 13.8. The van der Waals surface area contributed by atoms with E-state index in [-0.39, 0.29) is 6.04 Å². The molecule has 0 radical (unpaired) electrons. The Balaban J connectivity index is 1.80. The number of hydrogen-bond acceptors (Lipinski definition) is 2. The molecule has 0 fully saturated rings. The van der Waals surface area contributed by atoms with Gasteiger partial charge in [0.15, 0.2) is 0 Å². The zero-order chi connectivity index (χ0) is 17.1. The number of benzene rings is 3. The third-order valence-corrected chi connectivity index (χ3v) is 4.90. The van der Waals surface area contributed by atoms with Gasteiger partial charge in [-0.05, 0) is 30.2 Å². The van der Waals surface area contributed by atoms with E-state index < -0.39 is 6.10 Å². The van der Waals surface area contributed by atoms with Gasteiger partial charge in [0.2, 0.25) is 0 Å². The van der Waals surface area contributed by atoms with E-state index in [0.717, 1.165) is 21.9 Å². The molecule has 0 saturated heterocycles. The summed E-state index contributed by atoms with van der Waals surface area (Å²) in [6.45, 7) is 2.57. The maximum Gasteiger partial charge on any atom is 0.0940 e. The van der Waals surface area contributed by atoms with Crippen molar-refractivity contribution in [3.8, 4) is 0 Å². The zero-order valence-electron chi connectivity index (χ0n) is 13.3. The molecule has 24 heavy (non-hydrogen) atoms.